The van der Waals surface area contributed by atoms with Crippen LogP contribution >= 0.6 is 11.6 Å². The number of hydrogen-bond acceptors (Lipinski definition) is 4. The van der Waals surface area contributed by atoms with E-state index in [4.69, 9.17) is 16.3 Å². The zero-order valence-electron chi connectivity index (χ0n) is 12.1. The highest BCUT2D eigenvalue weighted by Gasteiger charge is 2.42. The van der Waals surface area contributed by atoms with Crippen LogP contribution in [0.15, 0.2) is 24.3 Å². The number of para-hydroxylation sites is 1. The van der Waals surface area contributed by atoms with E-state index in [9.17, 15) is 13.2 Å². The second-order valence-electron chi connectivity index (χ2n) is 5.81. The van der Waals surface area contributed by atoms with E-state index in [1.807, 2.05) is 0 Å². The summed E-state index contributed by atoms with van der Waals surface area (Å²) in [6, 6.07) is 6.94. The lowest BCUT2D eigenvalue weighted by Gasteiger charge is -2.28. The van der Waals surface area contributed by atoms with Crippen LogP contribution in [0.25, 0.3) is 0 Å². The minimum absolute atomic E-state index is 0.0708. The van der Waals surface area contributed by atoms with Crippen molar-refractivity contribution in [2.24, 2.45) is 0 Å². The van der Waals surface area contributed by atoms with Gasteiger partial charge in [-0.1, -0.05) is 23.7 Å². The van der Waals surface area contributed by atoms with Gasteiger partial charge < -0.3 is 9.64 Å². The van der Waals surface area contributed by atoms with Crippen molar-refractivity contribution in [1.29, 1.82) is 0 Å². The molecule has 1 amide bonds. The Bertz CT molecular complexity index is 672. The fourth-order valence-corrected chi connectivity index (χ4v) is 4.73. The van der Waals surface area contributed by atoms with E-state index in [1.54, 1.807) is 29.2 Å². The van der Waals surface area contributed by atoms with E-state index in [1.165, 1.54) is 0 Å². The minimum atomic E-state index is -3.01. The van der Waals surface area contributed by atoms with Crippen LogP contribution in [-0.4, -0.2) is 49.4 Å². The third-order valence-corrected chi connectivity index (χ3v) is 6.08. The molecule has 2 aliphatic rings. The largest absolute Gasteiger partial charge is 0.482 e. The summed E-state index contributed by atoms with van der Waals surface area (Å²) >= 11 is 6.00. The van der Waals surface area contributed by atoms with Gasteiger partial charge in [0.25, 0.3) is 5.91 Å². The Morgan fingerprint density at radius 2 is 1.95 bits per heavy atom. The van der Waals surface area contributed by atoms with Gasteiger partial charge >= 0.3 is 0 Å². The maximum absolute atomic E-state index is 12.5. The fraction of sp³-hybridized carbons (Fsp3) is 0.533. The molecule has 2 fully saturated rings. The third-order valence-electron chi connectivity index (χ3n) is 4.02. The van der Waals surface area contributed by atoms with Gasteiger partial charge in [0.1, 0.15) is 5.75 Å². The maximum Gasteiger partial charge on any atom is 0.261 e. The van der Waals surface area contributed by atoms with Crippen molar-refractivity contribution >= 4 is 27.3 Å². The molecule has 120 valence electrons. The van der Waals surface area contributed by atoms with E-state index in [2.05, 4.69) is 0 Å². The Kier molecular flexibility index (Phi) is 4.32. The number of amides is 1. The van der Waals surface area contributed by atoms with Gasteiger partial charge in [-0.2, -0.15) is 0 Å². The van der Waals surface area contributed by atoms with Crippen molar-refractivity contribution in [2.45, 2.75) is 31.3 Å². The first-order chi connectivity index (χ1) is 10.5. The van der Waals surface area contributed by atoms with Crippen LogP contribution in [0.1, 0.15) is 19.3 Å². The van der Waals surface area contributed by atoms with Crippen molar-refractivity contribution in [3.63, 3.8) is 0 Å². The predicted octanol–water partition coefficient (Wildman–Crippen LogP) is 1.90. The second-order valence-corrected chi connectivity index (χ2v) is 8.44. The summed E-state index contributed by atoms with van der Waals surface area (Å²) in [6.45, 7) is -0.114. The summed E-state index contributed by atoms with van der Waals surface area (Å²) < 4.78 is 28.8. The Hall–Kier alpha value is -1.27. The van der Waals surface area contributed by atoms with Gasteiger partial charge in [-0.3, -0.25) is 4.79 Å². The maximum atomic E-state index is 12.5. The lowest BCUT2D eigenvalue weighted by Crippen LogP contribution is -2.45. The van der Waals surface area contributed by atoms with E-state index in [0.717, 1.165) is 12.8 Å². The molecule has 0 bridgehead atoms. The number of ether oxygens (including phenoxy) is 1. The average molecular weight is 344 g/mol. The zero-order chi connectivity index (χ0) is 15.7. The molecule has 3 rings (SSSR count). The van der Waals surface area contributed by atoms with Gasteiger partial charge in [0.05, 0.1) is 16.5 Å². The molecule has 1 aliphatic carbocycles. The van der Waals surface area contributed by atoms with Gasteiger partial charge in [-0.25, -0.2) is 8.42 Å². The number of halogens is 1. The van der Waals surface area contributed by atoms with Gasteiger partial charge in [0.2, 0.25) is 0 Å². The first-order valence-electron chi connectivity index (χ1n) is 7.35. The van der Waals surface area contributed by atoms with Gasteiger partial charge in [0.15, 0.2) is 16.4 Å². The predicted molar refractivity (Wildman–Crippen MR) is 83.9 cm³/mol. The molecule has 0 aromatic heterocycles. The normalized spacial score (nSPS) is 23.2. The number of carbonyl (C=O) groups is 1. The van der Waals surface area contributed by atoms with Gasteiger partial charge in [-0.15, -0.1) is 0 Å². The van der Waals surface area contributed by atoms with E-state index < -0.39 is 9.84 Å². The quantitative estimate of drug-likeness (QED) is 0.819. The standard InChI is InChI=1S/C15H18ClNO4S/c16-13-3-1-2-4-14(13)21-9-15(18)17(11-5-6-11)12-7-8-22(19,20)10-12/h1-4,11-12H,5-10H2/t12-/m0/s1. The highest BCUT2D eigenvalue weighted by Crippen LogP contribution is 2.32. The SMILES string of the molecule is O=C(COc1ccccc1Cl)N(C1CC1)[C@H]1CCS(=O)(=O)C1. The average Bonchev–Trinajstić information content (AvgIpc) is 3.22. The molecular formula is C15H18ClNO4S. The highest BCUT2D eigenvalue weighted by molar-refractivity contribution is 7.91. The molecule has 1 aromatic carbocycles. The van der Waals surface area contributed by atoms with Crippen LogP contribution in [0.5, 0.6) is 5.75 Å². The van der Waals surface area contributed by atoms with Crippen molar-refractivity contribution in [3.05, 3.63) is 29.3 Å². The van der Waals surface area contributed by atoms with Crippen LogP contribution in [0.3, 0.4) is 0 Å². The van der Waals surface area contributed by atoms with E-state index in [-0.39, 0.29) is 36.1 Å². The minimum Gasteiger partial charge on any atom is -0.482 e. The number of carbonyl (C=O) groups excluding carboxylic acids is 1. The fourth-order valence-electron chi connectivity index (χ4n) is 2.83. The summed E-state index contributed by atoms with van der Waals surface area (Å²) in [7, 11) is -3.01. The monoisotopic (exact) mass is 343 g/mol. The number of sulfone groups is 1. The molecule has 0 unspecified atom stereocenters. The first kappa shape index (κ1) is 15.6. The number of benzene rings is 1. The smallest absolute Gasteiger partial charge is 0.261 e. The Morgan fingerprint density at radius 3 is 2.55 bits per heavy atom. The molecule has 1 saturated carbocycles. The molecule has 1 aliphatic heterocycles. The topological polar surface area (TPSA) is 63.7 Å². The first-order valence-corrected chi connectivity index (χ1v) is 9.55. The molecule has 0 spiro atoms. The summed E-state index contributed by atoms with van der Waals surface area (Å²) in [5.74, 6) is 0.540. The Labute approximate surface area is 135 Å². The summed E-state index contributed by atoms with van der Waals surface area (Å²) in [5.41, 5.74) is 0. The van der Waals surface area contributed by atoms with E-state index >= 15 is 0 Å². The summed E-state index contributed by atoms with van der Waals surface area (Å²) in [5, 5.41) is 0.455. The molecule has 0 N–H and O–H groups in total. The number of rotatable bonds is 5. The number of nitrogens with zero attached hydrogens (tertiary/aromatic N) is 1. The second kappa shape index (κ2) is 6.08. The molecule has 1 atom stereocenters. The summed E-state index contributed by atoms with van der Waals surface area (Å²) in [4.78, 5) is 14.2. The van der Waals surface area contributed by atoms with Gasteiger partial charge in [0, 0.05) is 12.1 Å². The van der Waals surface area contributed by atoms with Crippen molar-refractivity contribution in [3.8, 4) is 5.75 Å². The zero-order valence-corrected chi connectivity index (χ0v) is 13.6. The molecule has 1 saturated heterocycles. The lowest BCUT2D eigenvalue weighted by molar-refractivity contribution is -0.135. The summed E-state index contributed by atoms with van der Waals surface area (Å²) in [6.07, 6.45) is 2.40. The van der Waals surface area contributed by atoms with Crippen LogP contribution in [0.2, 0.25) is 5.02 Å². The van der Waals surface area contributed by atoms with Crippen molar-refractivity contribution < 1.29 is 17.9 Å². The Morgan fingerprint density at radius 1 is 1.23 bits per heavy atom. The molecule has 1 heterocycles. The van der Waals surface area contributed by atoms with E-state index in [0.29, 0.717) is 17.2 Å². The molecule has 22 heavy (non-hydrogen) atoms. The molecule has 5 nitrogen and oxygen atoms in total. The van der Waals surface area contributed by atoms with Crippen LogP contribution in [-0.2, 0) is 14.6 Å². The molecule has 7 heteroatoms. The van der Waals surface area contributed by atoms with Crippen LogP contribution < -0.4 is 4.74 Å². The third kappa shape index (κ3) is 3.55. The Balaban J connectivity index is 1.65. The van der Waals surface area contributed by atoms with Crippen molar-refractivity contribution in [1.82, 2.24) is 4.90 Å². The molecule has 0 radical (unpaired) electrons. The van der Waals surface area contributed by atoms with Crippen LogP contribution in [0, 0.1) is 0 Å². The molecule has 1 aromatic rings. The lowest BCUT2D eigenvalue weighted by atomic mass is 10.2. The van der Waals surface area contributed by atoms with Gasteiger partial charge in [-0.05, 0) is 31.4 Å². The molecular weight excluding hydrogens is 326 g/mol. The van der Waals surface area contributed by atoms with Crippen molar-refractivity contribution in [2.75, 3.05) is 18.1 Å². The van der Waals surface area contributed by atoms with Crippen LogP contribution in [0.4, 0.5) is 0 Å². The number of hydrogen-bond donors (Lipinski definition) is 0. The highest BCUT2D eigenvalue weighted by atomic mass is 35.5.